The molecule has 17 heavy (non-hydrogen) atoms. The average Bonchev–Trinajstić information content (AvgIpc) is 2.66. The average molecular weight is 231 g/mol. The first-order valence-electron chi connectivity index (χ1n) is 6.11. The van der Waals surface area contributed by atoms with Gasteiger partial charge in [-0.25, -0.2) is 0 Å². The summed E-state index contributed by atoms with van der Waals surface area (Å²) >= 11 is 0. The van der Waals surface area contributed by atoms with Crippen LogP contribution in [0.2, 0.25) is 0 Å². The fraction of sp³-hybridized carbons (Fsp3) is 0.462. The molecule has 1 fully saturated rings. The first-order chi connectivity index (χ1) is 8.25. The van der Waals surface area contributed by atoms with Gasteiger partial charge in [-0.2, -0.15) is 0 Å². The third-order valence-electron chi connectivity index (χ3n) is 3.62. The Balaban J connectivity index is 1.89. The molecule has 2 heterocycles. The van der Waals surface area contributed by atoms with Gasteiger partial charge in [0.25, 0.3) is 0 Å². The minimum Gasteiger partial charge on any atom is -0.369 e. The molecule has 0 unspecified atom stereocenters. The van der Waals surface area contributed by atoms with Crippen LogP contribution >= 0.6 is 0 Å². The van der Waals surface area contributed by atoms with Crippen LogP contribution in [-0.2, 0) is 11.2 Å². The van der Waals surface area contributed by atoms with E-state index in [1.165, 1.54) is 5.69 Å². The molecule has 0 saturated carbocycles. The Kier molecular flexibility index (Phi) is 2.52. The van der Waals surface area contributed by atoms with Crippen LogP contribution in [0.15, 0.2) is 18.2 Å². The molecule has 1 saturated heterocycles. The van der Waals surface area contributed by atoms with Crippen LogP contribution in [0.1, 0.15) is 5.56 Å². The maximum absolute atomic E-state index is 11.6. The lowest BCUT2D eigenvalue weighted by molar-refractivity contribution is -0.117. The van der Waals surface area contributed by atoms with Crippen LogP contribution < -0.4 is 15.1 Å². The monoisotopic (exact) mass is 231 g/mol. The van der Waals surface area contributed by atoms with Crippen LogP contribution in [-0.4, -0.2) is 39.1 Å². The highest BCUT2D eigenvalue weighted by Gasteiger charge is 2.24. The predicted octanol–water partition coefficient (Wildman–Crippen LogP) is 0.615. The van der Waals surface area contributed by atoms with Crippen molar-refractivity contribution in [1.29, 1.82) is 0 Å². The molecule has 0 radical (unpaired) electrons. The quantitative estimate of drug-likeness (QED) is 0.769. The maximum atomic E-state index is 11.6. The number of likely N-dealkylation sites (N-methyl/N-ethyl adjacent to an activating group) is 1. The van der Waals surface area contributed by atoms with Crippen molar-refractivity contribution in [3.8, 4) is 0 Å². The summed E-state index contributed by atoms with van der Waals surface area (Å²) in [5, 5.41) is 3.35. The Hall–Kier alpha value is -1.55. The Bertz CT molecular complexity index is 452. The number of benzene rings is 1. The molecule has 1 aromatic rings. The molecule has 1 amide bonds. The fourth-order valence-electron chi connectivity index (χ4n) is 2.58. The second-order valence-electron chi connectivity index (χ2n) is 4.68. The zero-order chi connectivity index (χ0) is 11.8. The van der Waals surface area contributed by atoms with E-state index in [-0.39, 0.29) is 5.91 Å². The number of carbonyl (C=O) groups excluding carboxylic acids is 1. The third kappa shape index (κ3) is 1.78. The fourth-order valence-corrected chi connectivity index (χ4v) is 2.58. The van der Waals surface area contributed by atoms with E-state index in [2.05, 4.69) is 28.4 Å². The molecule has 1 aromatic carbocycles. The number of nitrogens with zero attached hydrogens (tertiary/aromatic N) is 2. The van der Waals surface area contributed by atoms with Crippen LogP contribution in [0.25, 0.3) is 0 Å². The summed E-state index contributed by atoms with van der Waals surface area (Å²) in [7, 11) is 1.85. The maximum Gasteiger partial charge on any atom is 0.231 e. The molecule has 0 atom stereocenters. The molecular weight excluding hydrogens is 214 g/mol. The van der Waals surface area contributed by atoms with Crippen molar-refractivity contribution in [1.82, 2.24) is 5.32 Å². The molecule has 2 aliphatic heterocycles. The van der Waals surface area contributed by atoms with E-state index in [1.807, 2.05) is 7.05 Å². The second-order valence-corrected chi connectivity index (χ2v) is 4.68. The minimum atomic E-state index is 0.192. The lowest BCUT2D eigenvalue weighted by Gasteiger charge is -2.29. The van der Waals surface area contributed by atoms with E-state index in [0.717, 1.165) is 37.4 Å². The summed E-state index contributed by atoms with van der Waals surface area (Å²) in [6, 6.07) is 6.36. The van der Waals surface area contributed by atoms with Crippen molar-refractivity contribution in [2.24, 2.45) is 0 Å². The van der Waals surface area contributed by atoms with Gasteiger partial charge in [0.1, 0.15) is 0 Å². The summed E-state index contributed by atoms with van der Waals surface area (Å²) in [5.74, 6) is 0.192. The Morgan fingerprint density at radius 2 is 2.00 bits per heavy atom. The normalized spacial score (nSPS) is 19.7. The molecule has 1 N–H and O–H groups in total. The predicted molar refractivity (Wildman–Crippen MR) is 68.6 cm³/mol. The smallest absolute Gasteiger partial charge is 0.231 e. The minimum absolute atomic E-state index is 0.192. The molecule has 0 aromatic heterocycles. The van der Waals surface area contributed by atoms with E-state index >= 15 is 0 Å². The SMILES string of the molecule is CN1C(=O)Cc2cc(N3CCNCC3)ccc21. The van der Waals surface area contributed by atoms with Gasteiger partial charge in [0, 0.05) is 44.6 Å². The largest absolute Gasteiger partial charge is 0.369 e. The molecule has 0 aliphatic carbocycles. The topological polar surface area (TPSA) is 35.6 Å². The first kappa shape index (κ1) is 10.6. The van der Waals surface area contributed by atoms with E-state index in [0.29, 0.717) is 6.42 Å². The zero-order valence-electron chi connectivity index (χ0n) is 10.1. The molecule has 2 aliphatic rings. The van der Waals surface area contributed by atoms with Crippen LogP contribution in [0.3, 0.4) is 0 Å². The van der Waals surface area contributed by atoms with E-state index in [9.17, 15) is 4.79 Å². The van der Waals surface area contributed by atoms with Crippen molar-refractivity contribution in [3.05, 3.63) is 23.8 Å². The van der Waals surface area contributed by atoms with Gasteiger partial charge in [-0.15, -0.1) is 0 Å². The number of hydrogen-bond acceptors (Lipinski definition) is 3. The summed E-state index contributed by atoms with van der Waals surface area (Å²) in [6.45, 7) is 4.16. The summed E-state index contributed by atoms with van der Waals surface area (Å²) < 4.78 is 0. The van der Waals surface area contributed by atoms with Gasteiger partial charge in [-0.3, -0.25) is 4.79 Å². The van der Waals surface area contributed by atoms with Crippen molar-refractivity contribution >= 4 is 17.3 Å². The Morgan fingerprint density at radius 3 is 2.76 bits per heavy atom. The summed E-state index contributed by atoms with van der Waals surface area (Å²) in [4.78, 5) is 15.7. The number of fused-ring (bicyclic) bond motifs is 1. The third-order valence-corrected chi connectivity index (χ3v) is 3.62. The van der Waals surface area contributed by atoms with Crippen LogP contribution in [0, 0.1) is 0 Å². The number of rotatable bonds is 1. The molecule has 0 bridgehead atoms. The number of anilines is 2. The molecule has 4 nitrogen and oxygen atoms in total. The highest BCUT2D eigenvalue weighted by atomic mass is 16.2. The van der Waals surface area contributed by atoms with Crippen molar-refractivity contribution in [3.63, 3.8) is 0 Å². The van der Waals surface area contributed by atoms with E-state index in [4.69, 9.17) is 0 Å². The van der Waals surface area contributed by atoms with Gasteiger partial charge in [-0.1, -0.05) is 0 Å². The van der Waals surface area contributed by atoms with Crippen LogP contribution in [0.4, 0.5) is 11.4 Å². The molecular formula is C13H17N3O. The van der Waals surface area contributed by atoms with Gasteiger partial charge >= 0.3 is 0 Å². The number of piperazine rings is 1. The van der Waals surface area contributed by atoms with Crippen molar-refractivity contribution in [2.75, 3.05) is 43.0 Å². The van der Waals surface area contributed by atoms with Crippen molar-refractivity contribution in [2.45, 2.75) is 6.42 Å². The molecule has 0 spiro atoms. The number of amides is 1. The van der Waals surface area contributed by atoms with E-state index < -0.39 is 0 Å². The van der Waals surface area contributed by atoms with Crippen LogP contribution in [0.5, 0.6) is 0 Å². The zero-order valence-corrected chi connectivity index (χ0v) is 10.1. The van der Waals surface area contributed by atoms with Gasteiger partial charge < -0.3 is 15.1 Å². The lowest BCUT2D eigenvalue weighted by Crippen LogP contribution is -2.43. The van der Waals surface area contributed by atoms with Gasteiger partial charge in [0.05, 0.1) is 6.42 Å². The second kappa shape index (κ2) is 4.04. The number of carbonyl (C=O) groups is 1. The highest BCUT2D eigenvalue weighted by Crippen LogP contribution is 2.31. The summed E-state index contributed by atoms with van der Waals surface area (Å²) in [6.07, 6.45) is 0.547. The Morgan fingerprint density at radius 1 is 1.24 bits per heavy atom. The van der Waals surface area contributed by atoms with Gasteiger partial charge in [0.2, 0.25) is 5.91 Å². The van der Waals surface area contributed by atoms with Gasteiger partial charge in [0.15, 0.2) is 0 Å². The van der Waals surface area contributed by atoms with Gasteiger partial charge in [-0.05, 0) is 23.8 Å². The lowest BCUT2D eigenvalue weighted by atomic mass is 10.1. The number of nitrogens with one attached hydrogen (secondary N) is 1. The summed E-state index contributed by atoms with van der Waals surface area (Å²) in [5.41, 5.74) is 3.47. The standard InChI is InChI=1S/C13H17N3O/c1-15-12-3-2-11(8-10(12)9-13(15)17)16-6-4-14-5-7-16/h2-3,8,14H,4-7,9H2,1H3. The molecule has 3 rings (SSSR count). The highest BCUT2D eigenvalue weighted by molar-refractivity contribution is 6.01. The Labute approximate surface area is 101 Å². The molecule has 4 heteroatoms. The molecule has 90 valence electrons. The number of hydrogen-bond donors (Lipinski definition) is 1. The van der Waals surface area contributed by atoms with Crippen molar-refractivity contribution < 1.29 is 4.79 Å². The first-order valence-corrected chi connectivity index (χ1v) is 6.11. The van der Waals surface area contributed by atoms with E-state index in [1.54, 1.807) is 4.90 Å².